The Bertz CT molecular complexity index is 488. The van der Waals surface area contributed by atoms with Crippen molar-refractivity contribution in [2.24, 2.45) is 0 Å². The van der Waals surface area contributed by atoms with Crippen molar-refractivity contribution in [3.63, 3.8) is 0 Å². The molecular formula is C10H10N2O2. The summed E-state index contributed by atoms with van der Waals surface area (Å²) in [6, 6.07) is 5.37. The number of hydrogen-bond donors (Lipinski definition) is 1. The molecule has 0 fully saturated rings. The average molecular weight is 190 g/mol. The number of aromatic nitrogens is 2. The molecule has 4 nitrogen and oxygen atoms in total. The summed E-state index contributed by atoms with van der Waals surface area (Å²) in [5, 5.41) is 7.65. The number of fused-ring (bicyclic) bond motifs is 1. The Balaban J connectivity index is 2.63. The largest absolute Gasteiger partial charge is 0.480 e. The number of methoxy groups -OCH3 is 1. The fourth-order valence-corrected chi connectivity index (χ4v) is 1.37. The Morgan fingerprint density at radius 1 is 1.50 bits per heavy atom. The van der Waals surface area contributed by atoms with Crippen molar-refractivity contribution < 1.29 is 9.53 Å². The van der Waals surface area contributed by atoms with Gasteiger partial charge in [0.2, 0.25) is 5.88 Å². The van der Waals surface area contributed by atoms with Crippen molar-refractivity contribution in [2.75, 3.05) is 7.11 Å². The fraction of sp³-hybridized carbons (Fsp3) is 0.200. The van der Waals surface area contributed by atoms with E-state index in [1.807, 2.05) is 6.07 Å². The fourth-order valence-electron chi connectivity index (χ4n) is 1.37. The van der Waals surface area contributed by atoms with E-state index >= 15 is 0 Å². The Morgan fingerprint density at radius 3 is 2.93 bits per heavy atom. The van der Waals surface area contributed by atoms with Crippen molar-refractivity contribution in [3.8, 4) is 5.88 Å². The van der Waals surface area contributed by atoms with Gasteiger partial charge in [0, 0.05) is 5.56 Å². The number of nitrogens with zero attached hydrogens (tertiary/aromatic N) is 1. The lowest BCUT2D eigenvalue weighted by Gasteiger charge is -1.96. The quantitative estimate of drug-likeness (QED) is 0.734. The number of hydrogen-bond acceptors (Lipinski definition) is 3. The second kappa shape index (κ2) is 3.14. The van der Waals surface area contributed by atoms with E-state index in [-0.39, 0.29) is 5.78 Å². The van der Waals surface area contributed by atoms with Crippen LogP contribution in [0.25, 0.3) is 10.9 Å². The van der Waals surface area contributed by atoms with Gasteiger partial charge in [0.1, 0.15) is 0 Å². The minimum absolute atomic E-state index is 0.0421. The van der Waals surface area contributed by atoms with Crippen LogP contribution in [0.4, 0.5) is 0 Å². The van der Waals surface area contributed by atoms with Gasteiger partial charge in [-0.2, -0.15) is 0 Å². The van der Waals surface area contributed by atoms with Crippen molar-refractivity contribution >= 4 is 16.7 Å². The Kier molecular flexibility index (Phi) is 1.96. The van der Waals surface area contributed by atoms with Crippen molar-refractivity contribution in [1.82, 2.24) is 10.2 Å². The predicted octanol–water partition coefficient (Wildman–Crippen LogP) is 1.77. The highest BCUT2D eigenvalue weighted by atomic mass is 16.5. The molecule has 1 N–H and O–H groups in total. The molecule has 0 aliphatic heterocycles. The molecule has 1 aromatic heterocycles. The second-order valence-electron chi connectivity index (χ2n) is 3.05. The molecule has 1 heterocycles. The van der Waals surface area contributed by atoms with Crippen LogP contribution in [0.1, 0.15) is 17.3 Å². The maximum Gasteiger partial charge on any atom is 0.240 e. The first-order valence-corrected chi connectivity index (χ1v) is 4.25. The van der Waals surface area contributed by atoms with E-state index in [1.54, 1.807) is 19.2 Å². The summed E-state index contributed by atoms with van der Waals surface area (Å²) in [7, 11) is 1.56. The molecule has 2 rings (SSSR count). The third-order valence-electron chi connectivity index (χ3n) is 2.13. The minimum atomic E-state index is 0.0421. The number of H-pyrrole nitrogens is 1. The molecule has 0 aliphatic rings. The molecule has 1 aromatic carbocycles. The molecular weight excluding hydrogens is 180 g/mol. The molecule has 0 unspecified atom stereocenters. The van der Waals surface area contributed by atoms with E-state index in [1.165, 1.54) is 6.92 Å². The number of aromatic amines is 1. The summed E-state index contributed by atoms with van der Waals surface area (Å²) in [5.41, 5.74) is 1.48. The molecule has 4 heteroatoms. The summed E-state index contributed by atoms with van der Waals surface area (Å²) in [6.45, 7) is 1.54. The Labute approximate surface area is 80.9 Å². The van der Waals surface area contributed by atoms with Crippen LogP contribution in [-0.2, 0) is 0 Å². The molecule has 2 aromatic rings. The molecule has 0 radical (unpaired) electrons. The van der Waals surface area contributed by atoms with Crippen LogP contribution >= 0.6 is 0 Å². The number of nitrogens with one attached hydrogen (secondary N) is 1. The highest BCUT2D eigenvalue weighted by Crippen LogP contribution is 2.22. The van der Waals surface area contributed by atoms with Crippen LogP contribution < -0.4 is 4.74 Å². The molecule has 0 saturated carbocycles. The number of rotatable bonds is 2. The van der Waals surface area contributed by atoms with E-state index in [0.717, 1.165) is 10.9 Å². The number of carbonyl (C=O) groups is 1. The lowest BCUT2D eigenvalue weighted by Crippen LogP contribution is -1.90. The highest BCUT2D eigenvalue weighted by molar-refractivity contribution is 5.98. The SMILES string of the molecule is COc1n[nH]c2cc(C(C)=O)ccc12. The summed E-state index contributed by atoms with van der Waals surface area (Å²) in [4.78, 5) is 11.1. The zero-order valence-corrected chi connectivity index (χ0v) is 8.00. The number of Topliss-reactive ketones (excluding diaryl/α,β-unsaturated/α-hetero) is 1. The monoisotopic (exact) mass is 190 g/mol. The van der Waals surface area contributed by atoms with Crippen LogP contribution in [-0.4, -0.2) is 23.1 Å². The van der Waals surface area contributed by atoms with E-state index in [4.69, 9.17) is 4.74 Å². The second-order valence-corrected chi connectivity index (χ2v) is 3.05. The van der Waals surface area contributed by atoms with Gasteiger partial charge in [-0.05, 0) is 19.1 Å². The maximum absolute atomic E-state index is 11.1. The third-order valence-corrected chi connectivity index (χ3v) is 2.13. The predicted molar refractivity (Wildman–Crippen MR) is 52.7 cm³/mol. The van der Waals surface area contributed by atoms with Gasteiger partial charge in [0.05, 0.1) is 18.0 Å². The van der Waals surface area contributed by atoms with Crippen molar-refractivity contribution in [1.29, 1.82) is 0 Å². The number of ketones is 1. The maximum atomic E-state index is 11.1. The van der Waals surface area contributed by atoms with Gasteiger partial charge in [-0.1, -0.05) is 6.07 Å². The van der Waals surface area contributed by atoms with Crippen LogP contribution in [0.5, 0.6) is 5.88 Å². The van der Waals surface area contributed by atoms with Gasteiger partial charge in [0.25, 0.3) is 0 Å². The van der Waals surface area contributed by atoms with Gasteiger partial charge in [-0.3, -0.25) is 9.89 Å². The molecule has 0 saturated heterocycles. The lowest BCUT2D eigenvalue weighted by atomic mass is 10.1. The summed E-state index contributed by atoms with van der Waals surface area (Å²) < 4.78 is 5.04. The van der Waals surface area contributed by atoms with Gasteiger partial charge in [0.15, 0.2) is 5.78 Å². The smallest absolute Gasteiger partial charge is 0.240 e. The van der Waals surface area contributed by atoms with Crippen LogP contribution in [0.3, 0.4) is 0 Å². The first kappa shape index (κ1) is 8.74. The standard InChI is InChI=1S/C10H10N2O2/c1-6(13)7-3-4-8-9(5-7)11-12-10(8)14-2/h3-5H,1-2H3,(H,11,12). The van der Waals surface area contributed by atoms with Gasteiger partial charge in [-0.15, -0.1) is 5.10 Å². The van der Waals surface area contributed by atoms with Crippen LogP contribution in [0, 0.1) is 0 Å². The Hall–Kier alpha value is -1.84. The van der Waals surface area contributed by atoms with E-state index in [9.17, 15) is 4.79 Å². The number of carbonyl (C=O) groups excluding carboxylic acids is 1. The first-order chi connectivity index (χ1) is 6.72. The molecule has 0 bridgehead atoms. The van der Waals surface area contributed by atoms with Gasteiger partial charge < -0.3 is 4.74 Å². The molecule has 0 spiro atoms. The van der Waals surface area contributed by atoms with E-state index in [0.29, 0.717) is 11.4 Å². The van der Waals surface area contributed by atoms with E-state index < -0.39 is 0 Å². The van der Waals surface area contributed by atoms with E-state index in [2.05, 4.69) is 10.2 Å². The van der Waals surface area contributed by atoms with Crippen molar-refractivity contribution in [2.45, 2.75) is 6.92 Å². The number of ether oxygens (including phenoxy) is 1. The normalized spacial score (nSPS) is 10.4. The van der Waals surface area contributed by atoms with Crippen LogP contribution in [0.2, 0.25) is 0 Å². The molecule has 72 valence electrons. The average Bonchev–Trinajstić information content (AvgIpc) is 2.59. The number of benzene rings is 1. The lowest BCUT2D eigenvalue weighted by molar-refractivity contribution is 0.101. The topological polar surface area (TPSA) is 55.0 Å². The minimum Gasteiger partial charge on any atom is -0.480 e. The summed E-state index contributed by atoms with van der Waals surface area (Å²) >= 11 is 0. The molecule has 0 atom stereocenters. The summed E-state index contributed by atoms with van der Waals surface area (Å²) in [6.07, 6.45) is 0. The zero-order valence-electron chi connectivity index (χ0n) is 8.00. The summed E-state index contributed by atoms with van der Waals surface area (Å²) in [5.74, 6) is 0.593. The van der Waals surface area contributed by atoms with Crippen molar-refractivity contribution in [3.05, 3.63) is 23.8 Å². The highest BCUT2D eigenvalue weighted by Gasteiger charge is 2.07. The third kappa shape index (κ3) is 1.25. The van der Waals surface area contributed by atoms with Gasteiger partial charge in [-0.25, -0.2) is 0 Å². The van der Waals surface area contributed by atoms with Gasteiger partial charge >= 0.3 is 0 Å². The first-order valence-electron chi connectivity index (χ1n) is 4.25. The molecule has 0 amide bonds. The molecule has 0 aliphatic carbocycles. The van der Waals surface area contributed by atoms with Crippen LogP contribution in [0.15, 0.2) is 18.2 Å². The zero-order chi connectivity index (χ0) is 10.1. The molecule has 14 heavy (non-hydrogen) atoms. The Morgan fingerprint density at radius 2 is 2.29 bits per heavy atom.